The lowest BCUT2D eigenvalue weighted by Crippen LogP contribution is -2.32. The quantitative estimate of drug-likeness (QED) is 0.780. The second-order valence-electron chi connectivity index (χ2n) is 5.75. The number of carbonyl (C=O) groups excluding carboxylic acids is 1. The Bertz CT molecular complexity index is 896. The Morgan fingerprint density at radius 1 is 1.24 bits per heavy atom. The van der Waals surface area contributed by atoms with Crippen molar-refractivity contribution in [1.82, 2.24) is 20.2 Å². The van der Waals surface area contributed by atoms with Crippen molar-refractivity contribution in [3.05, 3.63) is 59.4 Å². The number of ether oxygens (including phenoxy) is 1. The summed E-state index contributed by atoms with van der Waals surface area (Å²) in [5, 5.41) is 14.6. The SMILES string of the molecule is O=C(Nc1ccc(-n2cnnn2)cc1)C1COc2ccc(Cl)cc2C1. The van der Waals surface area contributed by atoms with Crippen molar-refractivity contribution in [2.75, 3.05) is 11.9 Å². The summed E-state index contributed by atoms with van der Waals surface area (Å²) in [6.07, 6.45) is 2.11. The molecule has 1 amide bonds. The highest BCUT2D eigenvalue weighted by atomic mass is 35.5. The molecule has 2 heterocycles. The lowest BCUT2D eigenvalue weighted by Gasteiger charge is -2.24. The van der Waals surface area contributed by atoms with Gasteiger partial charge in [-0.25, -0.2) is 4.68 Å². The van der Waals surface area contributed by atoms with E-state index in [0.717, 1.165) is 17.0 Å². The Hall–Kier alpha value is -2.93. The van der Waals surface area contributed by atoms with E-state index < -0.39 is 0 Å². The van der Waals surface area contributed by atoms with Crippen LogP contribution in [0, 0.1) is 5.92 Å². The largest absolute Gasteiger partial charge is 0.492 e. The van der Waals surface area contributed by atoms with E-state index in [4.69, 9.17) is 16.3 Å². The molecule has 1 unspecified atom stereocenters. The molecule has 0 radical (unpaired) electrons. The molecule has 0 fully saturated rings. The van der Waals surface area contributed by atoms with E-state index in [1.165, 1.54) is 6.33 Å². The van der Waals surface area contributed by atoms with Gasteiger partial charge in [-0.1, -0.05) is 11.6 Å². The predicted octanol–water partition coefficient (Wildman–Crippen LogP) is 2.51. The molecule has 0 bridgehead atoms. The third-order valence-electron chi connectivity index (χ3n) is 4.05. The summed E-state index contributed by atoms with van der Waals surface area (Å²) in [6, 6.07) is 12.7. The van der Waals surface area contributed by atoms with E-state index in [-0.39, 0.29) is 11.8 Å². The number of anilines is 1. The molecule has 126 valence electrons. The standard InChI is InChI=1S/C17H14ClN5O2/c18-13-1-6-16-11(8-13)7-12(9-25-16)17(24)20-14-2-4-15(5-3-14)23-10-19-21-22-23/h1-6,8,10,12H,7,9H2,(H,20,24). The van der Waals surface area contributed by atoms with E-state index in [9.17, 15) is 4.79 Å². The molecular weight excluding hydrogens is 342 g/mol. The van der Waals surface area contributed by atoms with Crippen LogP contribution in [0.5, 0.6) is 5.75 Å². The minimum absolute atomic E-state index is 0.0826. The Labute approximate surface area is 148 Å². The van der Waals surface area contributed by atoms with Gasteiger partial charge >= 0.3 is 0 Å². The second-order valence-corrected chi connectivity index (χ2v) is 6.19. The van der Waals surface area contributed by atoms with Gasteiger partial charge in [-0.05, 0) is 64.9 Å². The number of hydrogen-bond donors (Lipinski definition) is 1. The Morgan fingerprint density at radius 2 is 2.08 bits per heavy atom. The van der Waals surface area contributed by atoms with Gasteiger partial charge < -0.3 is 10.1 Å². The minimum atomic E-state index is -0.259. The van der Waals surface area contributed by atoms with Crippen LogP contribution in [-0.4, -0.2) is 32.7 Å². The molecule has 8 heteroatoms. The van der Waals surface area contributed by atoms with Gasteiger partial charge in [0.25, 0.3) is 0 Å². The number of fused-ring (bicyclic) bond motifs is 1. The zero-order chi connectivity index (χ0) is 17.2. The van der Waals surface area contributed by atoms with Crippen molar-refractivity contribution in [3.63, 3.8) is 0 Å². The predicted molar refractivity (Wildman–Crippen MR) is 91.9 cm³/mol. The molecule has 0 saturated heterocycles. The number of benzene rings is 2. The number of aromatic nitrogens is 4. The monoisotopic (exact) mass is 355 g/mol. The Kier molecular flexibility index (Phi) is 4.07. The van der Waals surface area contributed by atoms with Crippen molar-refractivity contribution in [2.45, 2.75) is 6.42 Å². The molecule has 1 aromatic heterocycles. The molecule has 1 aliphatic rings. The van der Waals surface area contributed by atoms with Gasteiger partial charge in [0.2, 0.25) is 5.91 Å². The van der Waals surface area contributed by atoms with Gasteiger partial charge in [-0.15, -0.1) is 5.10 Å². The van der Waals surface area contributed by atoms with E-state index in [2.05, 4.69) is 20.8 Å². The van der Waals surface area contributed by atoms with Crippen LogP contribution in [0.4, 0.5) is 5.69 Å². The third kappa shape index (κ3) is 3.32. The van der Waals surface area contributed by atoms with E-state index in [1.54, 1.807) is 10.7 Å². The summed E-state index contributed by atoms with van der Waals surface area (Å²) in [4.78, 5) is 12.5. The van der Waals surface area contributed by atoms with Crippen LogP contribution < -0.4 is 10.1 Å². The van der Waals surface area contributed by atoms with Gasteiger partial charge in [-0.2, -0.15) is 0 Å². The molecule has 1 aliphatic heterocycles. The highest BCUT2D eigenvalue weighted by molar-refractivity contribution is 6.30. The number of nitrogens with one attached hydrogen (secondary N) is 1. The average molecular weight is 356 g/mol. The molecular formula is C17H14ClN5O2. The Morgan fingerprint density at radius 3 is 2.84 bits per heavy atom. The molecule has 1 N–H and O–H groups in total. The fourth-order valence-corrected chi connectivity index (χ4v) is 2.95. The second kappa shape index (κ2) is 6.52. The smallest absolute Gasteiger partial charge is 0.231 e. The van der Waals surface area contributed by atoms with Crippen LogP contribution in [0.25, 0.3) is 5.69 Å². The number of halogens is 1. The number of hydrogen-bond acceptors (Lipinski definition) is 5. The molecule has 2 aromatic carbocycles. The molecule has 0 spiro atoms. The fourth-order valence-electron chi connectivity index (χ4n) is 2.75. The maximum atomic E-state index is 12.5. The van der Waals surface area contributed by atoms with Crippen molar-refractivity contribution < 1.29 is 9.53 Å². The highest BCUT2D eigenvalue weighted by Crippen LogP contribution is 2.30. The van der Waals surface area contributed by atoms with Crippen molar-refractivity contribution >= 4 is 23.2 Å². The lowest BCUT2D eigenvalue weighted by atomic mass is 9.96. The van der Waals surface area contributed by atoms with E-state index in [0.29, 0.717) is 23.7 Å². The zero-order valence-corrected chi connectivity index (χ0v) is 13.8. The van der Waals surface area contributed by atoms with E-state index >= 15 is 0 Å². The first-order chi connectivity index (χ1) is 12.2. The van der Waals surface area contributed by atoms with Crippen molar-refractivity contribution in [3.8, 4) is 11.4 Å². The third-order valence-corrected chi connectivity index (χ3v) is 4.28. The summed E-state index contributed by atoms with van der Waals surface area (Å²) in [7, 11) is 0. The first-order valence-electron chi connectivity index (χ1n) is 7.74. The molecule has 3 aromatic rings. The molecule has 0 saturated carbocycles. The first-order valence-corrected chi connectivity index (χ1v) is 8.12. The van der Waals surface area contributed by atoms with Gasteiger partial charge in [0.05, 0.1) is 11.6 Å². The number of tetrazole rings is 1. The summed E-state index contributed by atoms with van der Waals surface area (Å²) >= 11 is 6.02. The van der Waals surface area contributed by atoms with Crippen LogP contribution in [0.15, 0.2) is 48.8 Å². The molecule has 25 heavy (non-hydrogen) atoms. The maximum absolute atomic E-state index is 12.5. The van der Waals surface area contributed by atoms with Crippen molar-refractivity contribution in [1.29, 1.82) is 0 Å². The van der Waals surface area contributed by atoms with Gasteiger partial charge in [0, 0.05) is 10.7 Å². The Balaban J connectivity index is 1.44. The number of rotatable bonds is 3. The van der Waals surface area contributed by atoms with Gasteiger partial charge in [0.15, 0.2) is 0 Å². The summed E-state index contributed by atoms with van der Waals surface area (Å²) in [6.45, 7) is 0.350. The van der Waals surface area contributed by atoms with Gasteiger partial charge in [-0.3, -0.25) is 4.79 Å². The van der Waals surface area contributed by atoms with Crippen LogP contribution >= 0.6 is 11.6 Å². The van der Waals surface area contributed by atoms with Crippen LogP contribution in [0.3, 0.4) is 0 Å². The molecule has 4 rings (SSSR count). The number of nitrogens with zero attached hydrogens (tertiary/aromatic N) is 4. The normalized spacial score (nSPS) is 16.0. The molecule has 7 nitrogen and oxygen atoms in total. The summed E-state index contributed by atoms with van der Waals surface area (Å²) < 4.78 is 7.22. The average Bonchev–Trinajstić information content (AvgIpc) is 3.16. The number of amides is 1. The summed E-state index contributed by atoms with van der Waals surface area (Å²) in [5.74, 6) is 0.449. The van der Waals surface area contributed by atoms with Crippen molar-refractivity contribution in [2.24, 2.45) is 5.92 Å². The van der Waals surface area contributed by atoms with Crippen LogP contribution in [0.1, 0.15) is 5.56 Å². The number of carbonyl (C=O) groups is 1. The minimum Gasteiger partial charge on any atom is -0.492 e. The molecule has 1 atom stereocenters. The summed E-state index contributed by atoms with van der Waals surface area (Å²) in [5.41, 5.74) is 2.47. The van der Waals surface area contributed by atoms with Crippen LogP contribution in [0.2, 0.25) is 5.02 Å². The van der Waals surface area contributed by atoms with E-state index in [1.807, 2.05) is 36.4 Å². The topological polar surface area (TPSA) is 81.9 Å². The lowest BCUT2D eigenvalue weighted by molar-refractivity contribution is -0.121. The molecule has 0 aliphatic carbocycles. The van der Waals surface area contributed by atoms with Crippen LogP contribution in [-0.2, 0) is 11.2 Å². The maximum Gasteiger partial charge on any atom is 0.231 e. The first kappa shape index (κ1) is 15.6. The van der Waals surface area contributed by atoms with Gasteiger partial charge in [0.1, 0.15) is 18.7 Å². The fraction of sp³-hybridized carbons (Fsp3) is 0.176. The zero-order valence-electron chi connectivity index (χ0n) is 13.1. The highest BCUT2D eigenvalue weighted by Gasteiger charge is 2.26.